The molecule has 2 aromatic heterocycles. The highest BCUT2D eigenvalue weighted by Crippen LogP contribution is 2.26. The fourth-order valence-corrected chi connectivity index (χ4v) is 1.47. The van der Waals surface area contributed by atoms with Gasteiger partial charge < -0.3 is 5.73 Å². The molecule has 0 aliphatic rings. The van der Waals surface area contributed by atoms with E-state index in [1.165, 1.54) is 6.07 Å². The highest BCUT2D eigenvalue weighted by atomic mass is 19.1. The molecule has 0 amide bonds. The average Bonchev–Trinajstić information content (AvgIpc) is 2.20. The molecule has 3 nitrogen and oxygen atoms in total. The molecule has 2 rings (SSSR count). The SMILES string of the molecule is Cc1nc(F)ccc1-c1ccncc1N. The van der Waals surface area contributed by atoms with Gasteiger partial charge in [0.05, 0.1) is 11.9 Å². The summed E-state index contributed by atoms with van der Waals surface area (Å²) in [6.45, 7) is 1.75. The highest BCUT2D eigenvalue weighted by molar-refractivity contribution is 5.76. The first-order valence-electron chi connectivity index (χ1n) is 4.51. The minimum atomic E-state index is -0.483. The Morgan fingerprint density at radius 1 is 1.20 bits per heavy atom. The molecule has 0 atom stereocenters. The molecule has 2 heterocycles. The molecule has 0 aliphatic carbocycles. The van der Waals surface area contributed by atoms with Crippen LogP contribution in [0, 0.1) is 12.9 Å². The van der Waals surface area contributed by atoms with E-state index in [4.69, 9.17) is 5.73 Å². The van der Waals surface area contributed by atoms with Gasteiger partial charge in [0.15, 0.2) is 0 Å². The average molecular weight is 203 g/mol. The molecular weight excluding hydrogens is 193 g/mol. The summed E-state index contributed by atoms with van der Waals surface area (Å²) in [5, 5.41) is 0. The minimum absolute atomic E-state index is 0.483. The van der Waals surface area contributed by atoms with E-state index in [2.05, 4.69) is 9.97 Å². The second-order valence-corrected chi connectivity index (χ2v) is 3.23. The van der Waals surface area contributed by atoms with Crippen molar-refractivity contribution in [3.05, 3.63) is 42.2 Å². The van der Waals surface area contributed by atoms with Crippen LogP contribution in [0.25, 0.3) is 11.1 Å². The molecule has 0 saturated carbocycles. The van der Waals surface area contributed by atoms with Gasteiger partial charge in [0, 0.05) is 23.0 Å². The Kier molecular flexibility index (Phi) is 2.33. The fraction of sp³-hybridized carbons (Fsp3) is 0.0909. The summed E-state index contributed by atoms with van der Waals surface area (Å²) in [7, 11) is 0. The Hall–Kier alpha value is -1.97. The molecule has 0 aliphatic heterocycles. The second kappa shape index (κ2) is 3.65. The summed E-state index contributed by atoms with van der Waals surface area (Å²) >= 11 is 0. The van der Waals surface area contributed by atoms with Crippen molar-refractivity contribution in [1.82, 2.24) is 9.97 Å². The number of nitrogen functional groups attached to an aromatic ring is 1. The van der Waals surface area contributed by atoms with Gasteiger partial charge in [0.2, 0.25) is 5.95 Å². The van der Waals surface area contributed by atoms with Gasteiger partial charge in [-0.15, -0.1) is 0 Å². The van der Waals surface area contributed by atoms with E-state index in [0.29, 0.717) is 11.4 Å². The summed E-state index contributed by atoms with van der Waals surface area (Å²) in [6, 6.07) is 4.78. The molecule has 2 N–H and O–H groups in total. The molecule has 0 aromatic carbocycles. The molecule has 0 fully saturated rings. The van der Waals surface area contributed by atoms with E-state index in [1.807, 2.05) is 0 Å². The van der Waals surface area contributed by atoms with Crippen molar-refractivity contribution in [2.45, 2.75) is 6.92 Å². The third-order valence-corrected chi connectivity index (χ3v) is 2.19. The molecule has 2 aromatic rings. The lowest BCUT2D eigenvalue weighted by atomic mass is 10.0. The Labute approximate surface area is 86.8 Å². The topological polar surface area (TPSA) is 51.8 Å². The van der Waals surface area contributed by atoms with Gasteiger partial charge in [0.25, 0.3) is 0 Å². The van der Waals surface area contributed by atoms with Gasteiger partial charge in [-0.05, 0) is 25.1 Å². The molecule has 76 valence electrons. The van der Waals surface area contributed by atoms with Crippen molar-refractivity contribution in [3.63, 3.8) is 0 Å². The summed E-state index contributed by atoms with van der Waals surface area (Å²) < 4.78 is 12.8. The van der Waals surface area contributed by atoms with Crippen molar-refractivity contribution < 1.29 is 4.39 Å². The van der Waals surface area contributed by atoms with Crippen molar-refractivity contribution in [3.8, 4) is 11.1 Å². The van der Waals surface area contributed by atoms with Gasteiger partial charge >= 0.3 is 0 Å². The summed E-state index contributed by atoms with van der Waals surface area (Å²) in [4.78, 5) is 7.65. The van der Waals surface area contributed by atoms with Crippen LogP contribution in [-0.4, -0.2) is 9.97 Å². The van der Waals surface area contributed by atoms with E-state index in [9.17, 15) is 4.39 Å². The number of aryl methyl sites for hydroxylation is 1. The van der Waals surface area contributed by atoms with Crippen LogP contribution in [-0.2, 0) is 0 Å². The maximum absolute atomic E-state index is 12.8. The van der Waals surface area contributed by atoms with Crippen LogP contribution in [0.2, 0.25) is 0 Å². The number of nitrogens with zero attached hydrogens (tertiary/aromatic N) is 2. The standard InChI is InChI=1S/C11H10FN3/c1-7-8(2-3-11(12)15-7)9-4-5-14-6-10(9)13/h2-6H,13H2,1H3. The highest BCUT2D eigenvalue weighted by Gasteiger charge is 2.06. The molecule has 4 heteroatoms. The smallest absolute Gasteiger partial charge is 0.213 e. The van der Waals surface area contributed by atoms with Crippen LogP contribution in [0.1, 0.15) is 5.69 Å². The van der Waals surface area contributed by atoms with Gasteiger partial charge in [0.1, 0.15) is 0 Å². The largest absolute Gasteiger partial charge is 0.397 e. The number of anilines is 1. The Bertz CT molecular complexity index is 497. The van der Waals surface area contributed by atoms with Crippen molar-refractivity contribution >= 4 is 5.69 Å². The molecule has 15 heavy (non-hydrogen) atoms. The monoisotopic (exact) mass is 203 g/mol. The third-order valence-electron chi connectivity index (χ3n) is 2.19. The first kappa shape index (κ1) is 9.58. The zero-order valence-corrected chi connectivity index (χ0v) is 8.24. The Morgan fingerprint density at radius 3 is 2.67 bits per heavy atom. The predicted molar refractivity (Wildman–Crippen MR) is 56.6 cm³/mol. The van der Waals surface area contributed by atoms with Gasteiger partial charge in [-0.3, -0.25) is 4.98 Å². The number of halogens is 1. The summed E-state index contributed by atoms with van der Waals surface area (Å²) in [6.07, 6.45) is 3.21. The molecule has 0 unspecified atom stereocenters. The third kappa shape index (κ3) is 1.79. The van der Waals surface area contributed by atoms with Gasteiger partial charge in [-0.1, -0.05) is 0 Å². The normalized spacial score (nSPS) is 10.3. The fourth-order valence-electron chi connectivity index (χ4n) is 1.47. The second-order valence-electron chi connectivity index (χ2n) is 3.23. The predicted octanol–water partition coefficient (Wildman–Crippen LogP) is 2.17. The van der Waals surface area contributed by atoms with Crippen LogP contribution >= 0.6 is 0 Å². The Balaban J connectivity index is 2.60. The molecular formula is C11H10FN3. The van der Waals surface area contributed by atoms with E-state index >= 15 is 0 Å². The van der Waals surface area contributed by atoms with E-state index in [0.717, 1.165) is 11.1 Å². The van der Waals surface area contributed by atoms with Crippen LogP contribution in [0.15, 0.2) is 30.6 Å². The minimum Gasteiger partial charge on any atom is -0.397 e. The first-order chi connectivity index (χ1) is 7.18. The molecule has 0 spiro atoms. The quantitative estimate of drug-likeness (QED) is 0.722. The number of rotatable bonds is 1. The lowest BCUT2D eigenvalue weighted by Crippen LogP contribution is -1.95. The number of aromatic nitrogens is 2. The summed E-state index contributed by atoms with van der Waals surface area (Å²) in [5.74, 6) is -0.483. The van der Waals surface area contributed by atoms with Crippen LogP contribution in [0.4, 0.5) is 10.1 Å². The van der Waals surface area contributed by atoms with Crippen LogP contribution < -0.4 is 5.73 Å². The van der Waals surface area contributed by atoms with Crippen molar-refractivity contribution in [2.24, 2.45) is 0 Å². The van der Waals surface area contributed by atoms with Crippen LogP contribution in [0.5, 0.6) is 0 Å². The first-order valence-corrected chi connectivity index (χ1v) is 4.51. The lowest BCUT2D eigenvalue weighted by Gasteiger charge is -2.07. The van der Waals surface area contributed by atoms with Crippen LogP contribution in [0.3, 0.4) is 0 Å². The zero-order chi connectivity index (χ0) is 10.8. The summed E-state index contributed by atoms with van der Waals surface area (Å²) in [5.41, 5.74) is 8.62. The van der Waals surface area contributed by atoms with Crippen molar-refractivity contribution in [1.29, 1.82) is 0 Å². The number of hydrogen-bond acceptors (Lipinski definition) is 3. The number of nitrogens with two attached hydrogens (primary N) is 1. The number of pyridine rings is 2. The van der Waals surface area contributed by atoms with E-state index in [1.54, 1.807) is 31.5 Å². The Morgan fingerprint density at radius 2 is 2.00 bits per heavy atom. The molecule has 0 bridgehead atoms. The van der Waals surface area contributed by atoms with E-state index < -0.39 is 5.95 Å². The zero-order valence-electron chi connectivity index (χ0n) is 8.24. The molecule has 0 saturated heterocycles. The van der Waals surface area contributed by atoms with Gasteiger partial charge in [-0.25, -0.2) is 4.98 Å². The van der Waals surface area contributed by atoms with E-state index in [-0.39, 0.29) is 0 Å². The lowest BCUT2D eigenvalue weighted by molar-refractivity contribution is 0.580. The number of hydrogen-bond donors (Lipinski definition) is 1. The van der Waals surface area contributed by atoms with Gasteiger partial charge in [-0.2, -0.15) is 4.39 Å². The molecule has 0 radical (unpaired) electrons. The maximum Gasteiger partial charge on any atom is 0.213 e. The maximum atomic E-state index is 12.8. The van der Waals surface area contributed by atoms with Crippen molar-refractivity contribution in [2.75, 3.05) is 5.73 Å².